The first kappa shape index (κ1) is 17.4. The molecule has 22 heavy (non-hydrogen) atoms. The first-order chi connectivity index (χ1) is 10.4. The van der Waals surface area contributed by atoms with Gasteiger partial charge < -0.3 is 9.47 Å². The van der Waals surface area contributed by atoms with Crippen LogP contribution in [0.15, 0.2) is 29.2 Å². The molecule has 5 nitrogen and oxygen atoms in total. The Kier molecular flexibility index (Phi) is 5.97. The Labute approximate surface area is 132 Å². The third-order valence-corrected chi connectivity index (χ3v) is 4.62. The highest BCUT2D eigenvalue weighted by atomic mass is 32.2. The van der Waals surface area contributed by atoms with Crippen LogP contribution in [0.3, 0.4) is 0 Å². The molecule has 0 bridgehead atoms. The molecule has 1 aliphatic rings. The zero-order valence-corrected chi connectivity index (χ0v) is 14.1. The van der Waals surface area contributed by atoms with Crippen molar-refractivity contribution in [3.05, 3.63) is 29.8 Å². The van der Waals surface area contributed by atoms with Gasteiger partial charge in [-0.2, -0.15) is 8.42 Å². The largest absolute Gasteiger partial charge is 0.352 e. The Morgan fingerprint density at radius 2 is 2.14 bits per heavy atom. The Morgan fingerprint density at radius 1 is 1.36 bits per heavy atom. The van der Waals surface area contributed by atoms with Crippen molar-refractivity contribution in [1.82, 2.24) is 0 Å². The summed E-state index contributed by atoms with van der Waals surface area (Å²) in [5.41, 5.74) is 0.789. The molecule has 1 aromatic rings. The van der Waals surface area contributed by atoms with Crippen molar-refractivity contribution in [3.63, 3.8) is 0 Å². The molecule has 0 aromatic heterocycles. The predicted octanol–water partition coefficient (Wildman–Crippen LogP) is 2.95. The van der Waals surface area contributed by atoms with E-state index >= 15 is 0 Å². The van der Waals surface area contributed by atoms with Crippen molar-refractivity contribution < 1.29 is 22.1 Å². The maximum atomic E-state index is 12.1. The normalized spacial score (nSPS) is 22.4. The number of rotatable bonds is 7. The molecule has 0 spiro atoms. The summed E-state index contributed by atoms with van der Waals surface area (Å²) in [6.45, 7) is 7.14. The predicted molar refractivity (Wildman–Crippen MR) is 82.7 cm³/mol. The lowest BCUT2D eigenvalue weighted by atomic mass is 10.1. The van der Waals surface area contributed by atoms with E-state index < -0.39 is 10.1 Å². The minimum atomic E-state index is -3.71. The fourth-order valence-corrected chi connectivity index (χ4v) is 3.25. The van der Waals surface area contributed by atoms with Crippen LogP contribution in [-0.4, -0.2) is 27.9 Å². The van der Waals surface area contributed by atoms with E-state index in [4.69, 9.17) is 13.7 Å². The molecule has 1 aromatic carbocycles. The van der Waals surface area contributed by atoms with Crippen LogP contribution in [0.25, 0.3) is 0 Å². The molecule has 124 valence electrons. The van der Waals surface area contributed by atoms with Crippen LogP contribution in [0.4, 0.5) is 0 Å². The molecule has 1 aliphatic heterocycles. The van der Waals surface area contributed by atoms with Crippen LogP contribution in [0, 0.1) is 11.8 Å². The summed E-state index contributed by atoms with van der Waals surface area (Å²) < 4.78 is 40.4. The molecular formula is C16H24O5S. The van der Waals surface area contributed by atoms with Gasteiger partial charge in [-0.3, -0.25) is 4.18 Å². The molecule has 0 radical (unpaired) electrons. The molecule has 0 amide bonds. The summed E-state index contributed by atoms with van der Waals surface area (Å²) in [5, 5.41) is 0. The van der Waals surface area contributed by atoms with E-state index in [-0.39, 0.29) is 23.7 Å². The summed E-state index contributed by atoms with van der Waals surface area (Å²) >= 11 is 0. The summed E-state index contributed by atoms with van der Waals surface area (Å²) in [7, 11) is -3.71. The fraction of sp³-hybridized carbons (Fsp3) is 0.625. The molecular weight excluding hydrogens is 304 g/mol. The molecule has 1 unspecified atom stereocenters. The van der Waals surface area contributed by atoms with Crippen molar-refractivity contribution in [2.45, 2.75) is 45.0 Å². The molecule has 0 aliphatic carbocycles. The van der Waals surface area contributed by atoms with E-state index in [9.17, 15) is 8.42 Å². The molecule has 0 saturated carbocycles. The summed E-state index contributed by atoms with van der Waals surface area (Å²) in [6.07, 6.45) is 0.669. The van der Waals surface area contributed by atoms with Gasteiger partial charge in [-0.25, -0.2) is 0 Å². The van der Waals surface area contributed by atoms with Gasteiger partial charge in [-0.05, 0) is 29.5 Å². The maximum absolute atomic E-state index is 12.1. The topological polar surface area (TPSA) is 61.8 Å². The quantitative estimate of drug-likeness (QED) is 0.720. The van der Waals surface area contributed by atoms with Crippen molar-refractivity contribution in [1.29, 1.82) is 0 Å². The number of hydrogen-bond acceptors (Lipinski definition) is 5. The van der Waals surface area contributed by atoms with Crippen LogP contribution >= 0.6 is 0 Å². The minimum Gasteiger partial charge on any atom is -0.352 e. The fourth-order valence-electron chi connectivity index (χ4n) is 2.13. The van der Waals surface area contributed by atoms with Gasteiger partial charge in [-0.15, -0.1) is 0 Å². The van der Waals surface area contributed by atoms with Crippen LogP contribution in [-0.2, 0) is 30.4 Å². The number of benzene rings is 1. The third kappa shape index (κ3) is 5.05. The Hall–Kier alpha value is -0.950. The van der Waals surface area contributed by atoms with Gasteiger partial charge in [0.25, 0.3) is 10.1 Å². The lowest BCUT2D eigenvalue weighted by molar-refractivity contribution is -0.118. The average molecular weight is 328 g/mol. The molecule has 2 atom stereocenters. The number of ether oxygens (including phenoxy) is 2. The van der Waals surface area contributed by atoms with Crippen molar-refractivity contribution >= 4 is 10.1 Å². The van der Waals surface area contributed by atoms with Crippen LogP contribution in [0.1, 0.15) is 32.8 Å². The Morgan fingerprint density at radius 3 is 2.77 bits per heavy atom. The van der Waals surface area contributed by atoms with Crippen molar-refractivity contribution in [2.24, 2.45) is 11.8 Å². The first-order valence-corrected chi connectivity index (χ1v) is 8.99. The van der Waals surface area contributed by atoms with Gasteiger partial charge in [-0.1, -0.05) is 32.9 Å². The highest BCUT2D eigenvalue weighted by molar-refractivity contribution is 7.86. The maximum Gasteiger partial charge on any atom is 0.296 e. The second-order valence-electron chi connectivity index (χ2n) is 6.19. The molecule has 1 saturated heterocycles. The Balaban J connectivity index is 1.97. The van der Waals surface area contributed by atoms with Gasteiger partial charge >= 0.3 is 0 Å². The highest BCUT2D eigenvalue weighted by Crippen LogP contribution is 2.22. The molecule has 0 N–H and O–H groups in total. The van der Waals surface area contributed by atoms with Gasteiger partial charge in [0.15, 0.2) is 6.29 Å². The van der Waals surface area contributed by atoms with E-state index in [1.165, 1.54) is 6.07 Å². The molecule has 1 fully saturated rings. The second kappa shape index (κ2) is 7.55. The van der Waals surface area contributed by atoms with Crippen molar-refractivity contribution in [3.8, 4) is 0 Å². The number of hydrogen-bond donors (Lipinski definition) is 0. The lowest BCUT2D eigenvalue weighted by Crippen LogP contribution is -2.12. The van der Waals surface area contributed by atoms with E-state index in [1.54, 1.807) is 12.1 Å². The molecule has 1 heterocycles. The zero-order chi connectivity index (χ0) is 16.2. The molecule has 6 heteroatoms. The Bertz CT molecular complexity index is 582. The van der Waals surface area contributed by atoms with Crippen LogP contribution in [0.2, 0.25) is 0 Å². The summed E-state index contributed by atoms with van der Waals surface area (Å²) in [6, 6.07) is 6.66. The molecule has 2 rings (SSSR count). The van der Waals surface area contributed by atoms with Crippen molar-refractivity contribution in [2.75, 3.05) is 13.2 Å². The average Bonchev–Trinajstić information content (AvgIpc) is 2.89. The summed E-state index contributed by atoms with van der Waals surface area (Å²) in [4.78, 5) is 0.162. The van der Waals surface area contributed by atoms with Gasteiger partial charge in [0.2, 0.25) is 0 Å². The monoisotopic (exact) mass is 328 g/mol. The SMILES string of the molecule is CC(C)COS(=O)(=O)c1cccc(COC2C[C@@H](C)CO2)c1. The van der Waals surface area contributed by atoms with Gasteiger partial charge in [0.1, 0.15) is 0 Å². The lowest BCUT2D eigenvalue weighted by Gasteiger charge is -2.12. The smallest absolute Gasteiger partial charge is 0.296 e. The van der Waals surface area contributed by atoms with Crippen LogP contribution < -0.4 is 0 Å². The second-order valence-corrected chi connectivity index (χ2v) is 7.81. The van der Waals surface area contributed by atoms with E-state index in [0.29, 0.717) is 19.1 Å². The minimum absolute atomic E-state index is 0.155. The standard InChI is InChI=1S/C16H24O5S/c1-12(2)9-21-22(17,18)15-6-4-5-14(8-15)11-20-16-7-13(3)10-19-16/h4-6,8,12-13,16H,7,9-11H2,1-3H3/t13-,16?/m1/s1. The summed E-state index contributed by atoms with van der Waals surface area (Å²) in [5.74, 6) is 0.656. The van der Waals surface area contributed by atoms with E-state index in [2.05, 4.69) is 6.92 Å². The highest BCUT2D eigenvalue weighted by Gasteiger charge is 2.22. The third-order valence-electron chi connectivity index (χ3n) is 3.34. The van der Waals surface area contributed by atoms with E-state index in [1.807, 2.05) is 19.9 Å². The van der Waals surface area contributed by atoms with E-state index in [0.717, 1.165) is 12.0 Å². The van der Waals surface area contributed by atoms with Gasteiger partial charge in [0, 0.05) is 6.42 Å². The first-order valence-electron chi connectivity index (χ1n) is 7.58. The van der Waals surface area contributed by atoms with Crippen LogP contribution in [0.5, 0.6) is 0 Å². The van der Waals surface area contributed by atoms with Gasteiger partial charge in [0.05, 0.1) is 24.7 Å². The zero-order valence-electron chi connectivity index (χ0n) is 13.3.